The summed E-state index contributed by atoms with van der Waals surface area (Å²) in [7, 11) is -3.79. The normalized spacial score (nSPS) is 15.1. The smallest absolute Gasteiger partial charge is 0.255 e. The number of anilines is 1. The minimum Gasteiger partial charge on any atom is -0.374 e. The lowest BCUT2D eigenvalue weighted by molar-refractivity contribution is -0.122. The lowest BCUT2D eigenvalue weighted by atomic mass is 10.2. The Balaban J connectivity index is 1.68. The van der Waals surface area contributed by atoms with Gasteiger partial charge in [-0.1, -0.05) is 12.1 Å². The number of carbonyl (C=O) groups is 2. The largest absolute Gasteiger partial charge is 0.374 e. The molecular formula is C21H25N3O5S. The zero-order valence-corrected chi connectivity index (χ0v) is 17.7. The molecule has 0 aromatic heterocycles. The monoisotopic (exact) mass is 431 g/mol. The molecular weight excluding hydrogens is 406 g/mol. The van der Waals surface area contributed by atoms with Gasteiger partial charge < -0.3 is 15.4 Å². The Morgan fingerprint density at radius 1 is 1.20 bits per heavy atom. The first-order valence-corrected chi connectivity index (χ1v) is 11.1. The summed E-state index contributed by atoms with van der Waals surface area (Å²) in [6.45, 7) is 4.64. The molecule has 1 aliphatic heterocycles. The predicted molar refractivity (Wildman–Crippen MR) is 113 cm³/mol. The number of piperazine rings is 1. The van der Waals surface area contributed by atoms with Crippen LogP contribution >= 0.6 is 0 Å². The average molecular weight is 432 g/mol. The first-order valence-electron chi connectivity index (χ1n) is 9.64. The molecule has 0 bridgehead atoms. The van der Waals surface area contributed by atoms with Crippen LogP contribution in [0.25, 0.3) is 0 Å². The van der Waals surface area contributed by atoms with Gasteiger partial charge in [0.05, 0.1) is 24.2 Å². The summed E-state index contributed by atoms with van der Waals surface area (Å²) in [4.78, 5) is 24.1. The average Bonchev–Trinajstić information content (AvgIpc) is 2.72. The molecule has 0 radical (unpaired) electrons. The molecule has 1 saturated heterocycles. The first kappa shape index (κ1) is 21.9. The number of ether oxygens (including phenoxy) is 1. The minimum absolute atomic E-state index is 0.0431. The molecule has 1 aliphatic rings. The van der Waals surface area contributed by atoms with E-state index in [0.29, 0.717) is 17.9 Å². The lowest BCUT2D eigenvalue weighted by Crippen LogP contribution is -2.49. The quantitative estimate of drug-likeness (QED) is 0.698. The third-order valence-electron chi connectivity index (χ3n) is 4.53. The van der Waals surface area contributed by atoms with Crippen molar-refractivity contribution in [2.45, 2.75) is 31.5 Å². The number of amides is 2. The Morgan fingerprint density at radius 2 is 1.93 bits per heavy atom. The van der Waals surface area contributed by atoms with Gasteiger partial charge in [0, 0.05) is 24.3 Å². The molecule has 8 nitrogen and oxygen atoms in total. The molecule has 160 valence electrons. The van der Waals surface area contributed by atoms with Crippen molar-refractivity contribution in [3.8, 4) is 0 Å². The Hall–Kier alpha value is -2.75. The van der Waals surface area contributed by atoms with Crippen LogP contribution in [0.5, 0.6) is 0 Å². The molecule has 0 unspecified atom stereocenters. The van der Waals surface area contributed by atoms with Crippen LogP contribution in [0, 0.1) is 0 Å². The molecule has 30 heavy (non-hydrogen) atoms. The van der Waals surface area contributed by atoms with Crippen LogP contribution in [0.3, 0.4) is 0 Å². The zero-order chi connectivity index (χ0) is 21.7. The molecule has 2 aromatic carbocycles. The molecule has 3 rings (SSSR count). The van der Waals surface area contributed by atoms with Crippen molar-refractivity contribution in [1.29, 1.82) is 0 Å². The van der Waals surface area contributed by atoms with Gasteiger partial charge in [-0.15, -0.1) is 0 Å². The highest BCUT2D eigenvalue weighted by Crippen LogP contribution is 2.18. The molecule has 9 heteroatoms. The van der Waals surface area contributed by atoms with E-state index in [2.05, 4.69) is 10.6 Å². The maximum Gasteiger partial charge on any atom is 0.255 e. The highest BCUT2D eigenvalue weighted by atomic mass is 32.2. The van der Waals surface area contributed by atoms with E-state index in [9.17, 15) is 18.0 Å². The van der Waals surface area contributed by atoms with Crippen molar-refractivity contribution in [3.63, 3.8) is 0 Å². The molecule has 0 atom stereocenters. The lowest BCUT2D eigenvalue weighted by Gasteiger charge is -2.25. The number of carbonyl (C=O) groups excluding carboxylic acids is 2. The number of hydrogen-bond donors (Lipinski definition) is 2. The van der Waals surface area contributed by atoms with E-state index in [-0.39, 0.29) is 42.4 Å². The van der Waals surface area contributed by atoms with Crippen molar-refractivity contribution in [2.24, 2.45) is 0 Å². The van der Waals surface area contributed by atoms with Crippen LogP contribution in [-0.2, 0) is 26.2 Å². The van der Waals surface area contributed by atoms with Crippen LogP contribution < -0.4 is 10.6 Å². The highest BCUT2D eigenvalue weighted by Gasteiger charge is 2.29. The highest BCUT2D eigenvalue weighted by molar-refractivity contribution is 7.89. The Morgan fingerprint density at radius 3 is 2.60 bits per heavy atom. The van der Waals surface area contributed by atoms with Crippen molar-refractivity contribution in [1.82, 2.24) is 9.62 Å². The van der Waals surface area contributed by atoms with Gasteiger partial charge in [0.15, 0.2) is 0 Å². The summed E-state index contributed by atoms with van der Waals surface area (Å²) in [6, 6.07) is 13.0. The second-order valence-corrected chi connectivity index (χ2v) is 9.17. The van der Waals surface area contributed by atoms with E-state index in [4.69, 9.17) is 4.74 Å². The maximum absolute atomic E-state index is 12.7. The fraction of sp³-hybridized carbons (Fsp3) is 0.333. The third kappa shape index (κ3) is 5.44. The van der Waals surface area contributed by atoms with Crippen LogP contribution in [0.1, 0.15) is 29.8 Å². The Bertz CT molecular complexity index is 1020. The van der Waals surface area contributed by atoms with Gasteiger partial charge in [-0.25, -0.2) is 8.42 Å². The summed E-state index contributed by atoms with van der Waals surface area (Å²) in [5.74, 6) is -0.680. The summed E-state index contributed by atoms with van der Waals surface area (Å²) in [5.41, 5.74) is 1.89. The first-order chi connectivity index (χ1) is 14.3. The number of nitrogens with one attached hydrogen (secondary N) is 2. The second kappa shape index (κ2) is 9.38. The molecule has 0 spiro atoms. The standard InChI is InChI=1S/C21H25N3O5S/c1-15(2)29-14-16-4-3-5-18(12-16)23-21(26)17-6-8-19(9-7-17)30(27,28)24-11-10-22-20(25)13-24/h3-9,12,15H,10-11,13-14H2,1-2H3,(H,22,25)(H,23,26). The van der Waals surface area contributed by atoms with Gasteiger partial charge in [-0.05, 0) is 55.8 Å². The summed E-state index contributed by atoms with van der Waals surface area (Å²) in [5, 5.41) is 5.40. The minimum atomic E-state index is -3.79. The van der Waals surface area contributed by atoms with E-state index in [1.807, 2.05) is 32.0 Å². The molecule has 0 aliphatic carbocycles. The van der Waals surface area contributed by atoms with Gasteiger partial charge in [0.2, 0.25) is 15.9 Å². The van der Waals surface area contributed by atoms with Gasteiger partial charge >= 0.3 is 0 Å². The number of nitrogens with zero attached hydrogens (tertiary/aromatic N) is 1. The van der Waals surface area contributed by atoms with Crippen molar-refractivity contribution in [3.05, 3.63) is 59.7 Å². The molecule has 2 amide bonds. The Kier molecular flexibility index (Phi) is 6.86. The molecule has 1 heterocycles. The molecule has 1 fully saturated rings. The summed E-state index contributed by atoms with van der Waals surface area (Å²) in [6.07, 6.45) is 0.109. The van der Waals surface area contributed by atoms with Crippen LogP contribution in [-0.4, -0.2) is 50.3 Å². The van der Waals surface area contributed by atoms with Crippen molar-refractivity contribution >= 4 is 27.5 Å². The number of rotatable bonds is 7. The van der Waals surface area contributed by atoms with Gasteiger partial charge in [-0.3, -0.25) is 9.59 Å². The van der Waals surface area contributed by atoms with Gasteiger partial charge in [0.1, 0.15) is 0 Å². The van der Waals surface area contributed by atoms with E-state index in [1.165, 1.54) is 24.3 Å². The zero-order valence-electron chi connectivity index (χ0n) is 16.9. The van der Waals surface area contributed by atoms with Gasteiger partial charge in [-0.2, -0.15) is 4.31 Å². The van der Waals surface area contributed by atoms with Crippen LogP contribution in [0.2, 0.25) is 0 Å². The van der Waals surface area contributed by atoms with E-state index >= 15 is 0 Å². The summed E-state index contributed by atoms with van der Waals surface area (Å²) >= 11 is 0. The van der Waals surface area contributed by atoms with E-state index in [0.717, 1.165) is 9.87 Å². The fourth-order valence-corrected chi connectivity index (χ4v) is 4.35. The molecule has 2 aromatic rings. The van der Waals surface area contributed by atoms with Crippen LogP contribution in [0.4, 0.5) is 5.69 Å². The van der Waals surface area contributed by atoms with Gasteiger partial charge in [0.25, 0.3) is 5.91 Å². The number of benzene rings is 2. The van der Waals surface area contributed by atoms with E-state index in [1.54, 1.807) is 6.07 Å². The third-order valence-corrected chi connectivity index (χ3v) is 6.39. The van der Waals surface area contributed by atoms with Crippen LogP contribution in [0.15, 0.2) is 53.4 Å². The second-order valence-electron chi connectivity index (χ2n) is 7.23. The predicted octanol–water partition coefficient (Wildman–Crippen LogP) is 1.98. The maximum atomic E-state index is 12.7. The number of sulfonamides is 1. The summed E-state index contributed by atoms with van der Waals surface area (Å²) < 4.78 is 32.1. The van der Waals surface area contributed by atoms with E-state index < -0.39 is 10.0 Å². The van der Waals surface area contributed by atoms with Crippen molar-refractivity contribution < 1.29 is 22.7 Å². The topological polar surface area (TPSA) is 105 Å². The number of hydrogen-bond acceptors (Lipinski definition) is 5. The molecule has 2 N–H and O–H groups in total. The Labute approximate surface area is 176 Å². The fourth-order valence-electron chi connectivity index (χ4n) is 2.95. The SMILES string of the molecule is CC(C)OCc1cccc(NC(=O)c2ccc(S(=O)(=O)N3CCNC(=O)C3)cc2)c1. The van der Waals surface area contributed by atoms with Crippen molar-refractivity contribution in [2.75, 3.05) is 25.0 Å². The molecule has 0 saturated carbocycles.